The fourth-order valence-electron chi connectivity index (χ4n) is 2.29. The number of methoxy groups -OCH3 is 1. The minimum absolute atomic E-state index is 0.653. The lowest BCUT2D eigenvalue weighted by atomic mass is 10.1. The lowest BCUT2D eigenvalue weighted by Crippen LogP contribution is -2.06. The van der Waals surface area contributed by atoms with Gasteiger partial charge in [0.15, 0.2) is 0 Å². The van der Waals surface area contributed by atoms with E-state index in [2.05, 4.69) is 31.0 Å². The predicted octanol–water partition coefficient (Wildman–Crippen LogP) is 4.75. The highest BCUT2D eigenvalue weighted by atomic mass is 16.5. The molecular formula is C20H27NO2. The third-order valence-corrected chi connectivity index (χ3v) is 4.06. The van der Waals surface area contributed by atoms with E-state index >= 15 is 0 Å². The zero-order valence-electron chi connectivity index (χ0n) is 14.4. The number of benzene rings is 1. The minimum atomic E-state index is 0.653. The van der Waals surface area contributed by atoms with Crippen molar-refractivity contribution >= 4 is 0 Å². The summed E-state index contributed by atoms with van der Waals surface area (Å²) in [5, 5.41) is 0. The molecule has 1 unspecified atom stereocenters. The van der Waals surface area contributed by atoms with Crippen molar-refractivity contribution in [1.82, 2.24) is 4.98 Å². The van der Waals surface area contributed by atoms with Crippen LogP contribution < -0.4 is 4.74 Å². The molecule has 1 aromatic carbocycles. The molecule has 3 nitrogen and oxygen atoms in total. The van der Waals surface area contributed by atoms with Gasteiger partial charge in [-0.3, -0.25) is 4.98 Å². The first kappa shape index (κ1) is 17.5. The molecular weight excluding hydrogens is 286 g/mol. The third-order valence-electron chi connectivity index (χ3n) is 4.06. The van der Waals surface area contributed by atoms with Crippen molar-refractivity contribution in [1.29, 1.82) is 0 Å². The van der Waals surface area contributed by atoms with Crippen molar-refractivity contribution in [2.24, 2.45) is 5.92 Å². The van der Waals surface area contributed by atoms with Gasteiger partial charge in [0.2, 0.25) is 0 Å². The molecule has 0 saturated heterocycles. The summed E-state index contributed by atoms with van der Waals surface area (Å²) in [5.74, 6) is 1.52. The molecule has 0 aliphatic heterocycles. The Morgan fingerprint density at radius 1 is 1.09 bits per heavy atom. The van der Waals surface area contributed by atoms with Crippen molar-refractivity contribution in [2.75, 3.05) is 20.3 Å². The molecule has 0 fully saturated rings. The van der Waals surface area contributed by atoms with Crippen LogP contribution in [0.2, 0.25) is 0 Å². The Hall–Kier alpha value is -1.87. The van der Waals surface area contributed by atoms with E-state index in [9.17, 15) is 0 Å². The monoisotopic (exact) mass is 313 g/mol. The SMILES string of the molecule is CCC(C)COCCCc1ccc(-c2ccc(OC)cc2)nc1. The molecule has 0 radical (unpaired) electrons. The first-order chi connectivity index (χ1) is 11.2. The van der Waals surface area contributed by atoms with Crippen LogP contribution in [-0.2, 0) is 11.2 Å². The second-order valence-corrected chi connectivity index (χ2v) is 5.97. The first-order valence-electron chi connectivity index (χ1n) is 8.40. The van der Waals surface area contributed by atoms with Gasteiger partial charge >= 0.3 is 0 Å². The number of hydrogen-bond acceptors (Lipinski definition) is 3. The van der Waals surface area contributed by atoms with E-state index in [0.717, 1.165) is 43.1 Å². The van der Waals surface area contributed by atoms with Crippen LogP contribution in [0.25, 0.3) is 11.3 Å². The van der Waals surface area contributed by atoms with E-state index in [-0.39, 0.29) is 0 Å². The van der Waals surface area contributed by atoms with Gasteiger partial charge in [0.25, 0.3) is 0 Å². The number of aryl methyl sites for hydroxylation is 1. The number of hydrogen-bond donors (Lipinski definition) is 0. The Bertz CT molecular complexity index is 563. The summed E-state index contributed by atoms with van der Waals surface area (Å²) >= 11 is 0. The summed E-state index contributed by atoms with van der Waals surface area (Å²) < 4.78 is 10.9. The van der Waals surface area contributed by atoms with Gasteiger partial charge < -0.3 is 9.47 Å². The quantitative estimate of drug-likeness (QED) is 0.626. The van der Waals surface area contributed by atoms with E-state index in [4.69, 9.17) is 9.47 Å². The number of pyridine rings is 1. The Labute approximate surface area is 139 Å². The van der Waals surface area contributed by atoms with Gasteiger partial charge in [0, 0.05) is 25.0 Å². The average molecular weight is 313 g/mol. The largest absolute Gasteiger partial charge is 0.497 e. The van der Waals surface area contributed by atoms with Crippen LogP contribution in [-0.4, -0.2) is 25.3 Å². The molecule has 1 atom stereocenters. The summed E-state index contributed by atoms with van der Waals surface area (Å²) in [7, 11) is 1.68. The second kappa shape index (κ2) is 9.31. The van der Waals surface area contributed by atoms with Crippen molar-refractivity contribution in [2.45, 2.75) is 33.1 Å². The van der Waals surface area contributed by atoms with E-state index < -0.39 is 0 Å². The Morgan fingerprint density at radius 2 is 1.87 bits per heavy atom. The smallest absolute Gasteiger partial charge is 0.118 e. The van der Waals surface area contributed by atoms with E-state index in [0.29, 0.717) is 5.92 Å². The van der Waals surface area contributed by atoms with E-state index in [1.807, 2.05) is 30.5 Å². The molecule has 0 aliphatic carbocycles. The molecule has 2 aromatic rings. The van der Waals surface area contributed by atoms with Gasteiger partial charge in [-0.2, -0.15) is 0 Å². The molecule has 1 heterocycles. The van der Waals surface area contributed by atoms with Gasteiger partial charge in [-0.05, 0) is 54.7 Å². The van der Waals surface area contributed by atoms with Crippen molar-refractivity contribution < 1.29 is 9.47 Å². The van der Waals surface area contributed by atoms with Crippen LogP contribution >= 0.6 is 0 Å². The van der Waals surface area contributed by atoms with Gasteiger partial charge in [0.05, 0.1) is 12.8 Å². The zero-order chi connectivity index (χ0) is 16.5. The van der Waals surface area contributed by atoms with Crippen LogP contribution in [0.5, 0.6) is 5.75 Å². The number of ether oxygens (including phenoxy) is 2. The Kier molecular flexibility index (Phi) is 7.08. The fourth-order valence-corrected chi connectivity index (χ4v) is 2.29. The molecule has 0 N–H and O–H groups in total. The maximum Gasteiger partial charge on any atom is 0.118 e. The predicted molar refractivity (Wildman–Crippen MR) is 94.8 cm³/mol. The van der Waals surface area contributed by atoms with Gasteiger partial charge in [-0.25, -0.2) is 0 Å². The highest BCUT2D eigenvalue weighted by molar-refractivity contribution is 5.60. The first-order valence-corrected chi connectivity index (χ1v) is 8.40. The number of nitrogens with zero attached hydrogens (tertiary/aromatic N) is 1. The normalized spacial score (nSPS) is 12.1. The summed E-state index contributed by atoms with van der Waals surface area (Å²) in [4.78, 5) is 4.56. The van der Waals surface area contributed by atoms with Gasteiger partial charge in [-0.15, -0.1) is 0 Å². The summed E-state index contributed by atoms with van der Waals surface area (Å²) in [6.07, 6.45) is 5.20. The molecule has 0 saturated carbocycles. The molecule has 0 bridgehead atoms. The summed E-state index contributed by atoms with van der Waals surface area (Å²) in [6, 6.07) is 12.2. The molecule has 0 spiro atoms. The molecule has 2 rings (SSSR count). The molecule has 1 aromatic heterocycles. The molecule has 0 amide bonds. The van der Waals surface area contributed by atoms with Crippen LogP contribution in [0, 0.1) is 5.92 Å². The topological polar surface area (TPSA) is 31.4 Å². The lowest BCUT2D eigenvalue weighted by Gasteiger charge is -2.09. The Balaban J connectivity index is 1.80. The highest BCUT2D eigenvalue weighted by Gasteiger charge is 2.02. The summed E-state index contributed by atoms with van der Waals surface area (Å²) in [5.41, 5.74) is 3.35. The standard InChI is InChI=1S/C20H27NO2/c1-4-16(2)15-23-13-5-6-17-7-12-20(21-14-17)18-8-10-19(22-3)11-9-18/h7-12,14,16H,4-6,13,15H2,1-3H3. The molecule has 0 aliphatic rings. The van der Waals surface area contributed by atoms with Gasteiger partial charge in [-0.1, -0.05) is 26.3 Å². The Morgan fingerprint density at radius 3 is 2.48 bits per heavy atom. The maximum atomic E-state index is 5.69. The van der Waals surface area contributed by atoms with Gasteiger partial charge in [0.1, 0.15) is 5.75 Å². The maximum absolute atomic E-state index is 5.69. The van der Waals surface area contributed by atoms with Crippen LogP contribution in [0.15, 0.2) is 42.6 Å². The second-order valence-electron chi connectivity index (χ2n) is 5.97. The minimum Gasteiger partial charge on any atom is -0.497 e. The molecule has 23 heavy (non-hydrogen) atoms. The highest BCUT2D eigenvalue weighted by Crippen LogP contribution is 2.20. The van der Waals surface area contributed by atoms with Crippen molar-refractivity contribution in [3.05, 3.63) is 48.2 Å². The average Bonchev–Trinajstić information content (AvgIpc) is 2.62. The van der Waals surface area contributed by atoms with Crippen LogP contribution in [0.3, 0.4) is 0 Å². The van der Waals surface area contributed by atoms with Crippen molar-refractivity contribution in [3.63, 3.8) is 0 Å². The zero-order valence-corrected chi connectivity index (χ0v) is 14.4. The van der Waals surface area contributed by atoms with E-state index in [1.165, 1.54) is 12.0 Å². The lowest BCUT2D eigenvalue weighted by molar-refractivity contribution is 0.102. The summed E-state index contributed by atoms with van der Waals surface area (Å²) in [6.45, 7) is 6.11. The molecule has 124 valence electrons. The van der Waals surface area contributed by atoms with Crippen molar-refractivity contribution in [3.8, 4) is 17.0 Å². The fraction of sp³-hybridized carbons (Fsp3) is 0.450. The molecule has 3 heteroatoms. The van der Waals surface area contributed by atoms with Crippen LogP contribution in [0.1, 0.15) is 32.3 Å². The van der Waals surface area contributed by atoms with Crippen LogP contribution in [0.4, 0.5) is 0 Å². The van der Waals surface area contributed by atoms with E-state index in [1.54, 1.807) is 7.11 Å². The number of aromatic nitrogens is 1. The third kappa shape index (κ3) is 5.68. The number of rotatable bonds is 9.